The van der Waals surface area contributed by atoms with Crippen LogP contribution in [0.2, 0.25) is 0 Å². The number of nitrogens with zero attached hydrogens (tertiary/aromatic N) is 1. The minimum Gasteiger partial charge on any atom is -0.411 e. The molecule has 1 N–H and O–H groups in total. The summed E-state index contributed by atoms with van der Waals surface area (Å²) in [5.74, 6) is 2.63. The van der Waals surface area contributed by atoms with E-state index in [2.05, 4.69) is 25.9 Å². The Hall–Kier alpha value is -0.610. The monoisotopic (exact) mass is 405 g/mol. The van der Waals surface area contributed by atoms with Crippen LogP contribution in [0.3, 0.4) is 0 Å². The van der Waals surface area contributed by atoms with Crippen molar-refractivity contribution in [3.05, 3.63) is 0 Å². The first-order valence-corrected chi connectivity index (χ1v) is 12.4. The summed E-state index contributed by atoms with van der Waals surface area (Å²) in [4.78, 5) is 0. The second kappa shape index (κ2) is 7.82. The van der Waals surface area contributed by atoms with Gasteiger partial charge < -0.3 is 14.7 Å². The molecule has 0 radical (unpaired) electrons. The average molecular weight is 406 g/mol. The lowest BCUT2D eigenvalue weighted by Crippen LogP contribution is -2.58. The molecular formula is C25H43NO3. The predicted molar refractivity (Wildman–Crippen MR) is 116 cm³/mol. The number of fused-ring (bicyclic) bond motifs is 5. The van der Waals surface area contributed by atoms with Crippen LogP contribution in [0.25, 0.3) is 0 Å². The maximum Gasteiger partial charge on any atom is 0.169 e. The standard InChI is InChI=1S/C23H37NO3.C2H6/c1-21-11-5-4-6-15(21)7-8-16-17-9-10-19(23(3)26-12-13-27-23)22(17,2)14-18(24-25)20(16)21;1-2/h15-17,19-20,25H,4-14H2,1-3H3;1-2H3/b24-18+;. The third kappa shape index (κ3) is 3.11. The first-order valence-electron chi connectivity index (χ1n) is 12.4. The van der Waals surface area contributed by atoms with Gasteiger partial charge in [-0.25, -0.2) is 0 Å². The van der Waals surface area contributed by atoms with Gasteiger partial charge in [-0.3, -0.25) is 0 Å². The van der Waals surface area contributed by atoms with Crippen LogP contribution in [0.1, 0.15) is 92.4 Å². The van der Waals surface area contributed by atoms with E-state index >= 15 is 0 Å². The Balaban J connectivity index is 0.000000994. The summed E-state index contributed by atoms with van der Waals surface area (Å²) in [6.45, 7) is 12.5. The number of ether oxygens (including phenoxy) is 2. The van der Waals surface area contributed by atoms with E-state index in [1.165, 1.54) is 51.4 Å². The summed E-state index contributed by atoms with van der Waals surface area (Å²) in [5, 5.41) is 14.1. The smallest absolute Gasteiger partial charge is 0.169 e. The SMILES string of the molecule is CC.CC1(C2CCC3C4CCC5CCCCC5(C)C4/C(=N/O)CC32C)OCCO1. The number of hydrogen-bond donors (Lipinski definition) is 1. The van der Waals surface area contributed by atoms with Crippen molar-refractivity contribution >= 4 is 5.71 Å². The zero-order valence-corrected chi connectivity index (χ0v) is 19.4. The molecule has 0 spiro atoms. The highest BCUT2D eigenvalue weighted by Crippen LogP contribution is 2.68. The van der Waals surface area contributed by atoms with E-state index in [1.54, 1.807) is 0 Å². The van der Waals surface area contributed by atoms with Crippen molar-refractivity contribution < 1.29 is 14.7 Å². The molecule has 1 aliphatic heterocycles. The molecule has 1 heterocycles. The minimum atomic E-state index is -0.456. The van der Waals surface area contributed by atoms with Crippen LogP contribution < -0.4 is 0 Å². The van der Waals surface area contributed by atoms with Gasteiger partial charge in [-0.1, -0.05) is 45.7 Å². The molecule has 5 aliphatic rings. The van der Waals surface area contributed by atoms with Crippen LogP contribution in [0.5, 0.6) is 0 Å². The number of hydrogen-bond acceptors (Lipinski definition) is 4. The topological polar surface area (TPSA) is 51.1 Å². The Morgan fingerprint density at radius 3 is 2.31 bits per heavy atom. The molecule has 0 aromatic carbocycles. The van der Waals surface area contributed by atoms with Crippen LogP contribution in [0.4, 0.5) is 0 Å². The van der Waals surface area contributed by atoms with Gasteiger partial charge in [-0.05, 0) is 80.5 Å². The van der Waals surface area contributed by atoms with E-state index in [-0.39, 0.29) is 5.41 Å². The first kappa shape index (κ1) is 21.6. The normalized spacial score (nSPS) is 49.6. The highest BCUT2D eigenvalue weighted by molar-refractivity contribution is 5.89. The van der Waals surface area contributed by atoms with Crippen LogP contribution >= 0.6 is 0 Å². The summed E-state index contributed by atoms with van der Waals surface area (Å²) < 4.78 is 12.2. The molecule has 166 valence electrons. The zero-order valence-electron chi connectivity index (χ0n) is 19.4. The Morgan fingerprint density at radius 1 is 0.897 bits per heavy atom. The molecule has 4 saturated carbocycles. The van der Waals surface area contributed by atoms with Gasteiger partial charge in [0.25, 0.3) is 0 Å². The lowest BCUT2D eigenvalue weighted by Gasteiger charge is -2.60. The van der Waals surface area contributed by atoms with Gasteiger partial charge in [0, 0.05) is 11.8 Å². The zero-order chi connectivity index (χ0) is 20.9. The van der Waals surface area contributed by atoms with Gasteiger partial charge in [-0.2, -0.15) is 0 Å². The van der Waals surface area contributed by atoms with Crippen molar-refractivity contribution in [2.24, 2.45) is 45.6 Å². The average Bonchev–Trinajstić information content (AvgIpc) is 3.32. The second-order valence-corrected chi connectivity index (χ2v) is 10.9. The Bertz CT molecular complexity index is 628. The lowest BCUT2D eigenvalue weighted by molar-refractivity contribution is -0.209. The molecule has 29 heavy (non-hydrogen) atoms. The largest absolute Gasteiger partial charge is 0.411 e. The van der Waals surface area contributed by atoms with Crippen LogP contribution in [-0.2, 0) is 9.47 Å². The number of oxime groups is 1. The lowest BCUT2D eigenvalue weighted by atomic mass is 9.44. The van der Waals surface area contributed by atoms with Crippen molar-refractivity contribution in [3.8, 4) is 0 Å². The Labute approximate surface area is 177 Å². The molecule has 0 aromatic rings. The summed E-state index contributed by atoms with van der Waals surface area (Å²) in [5.41, 5.74) is 1.56. The number of rotatable bonds is 1. The molecular weight excluding hydrogens is 362 g/mol. The fourth-order valence-corrected chi connectivity index (χ4v) is 8.84. The summed E-state index contributed by atoms with van der Waals surface area (Å²) >= 11 is 0. The van der Waals surface area contributed by atoms with Gasteiger partial charge in [0.15, 0.2) is 5.79 Å². The molecule has 5 fully saturated rings. The first-order chi connectivity index (χ1) is 13.9. The fraction of sp³-hybridized carbons (Fsp3) is 0.960. The minimum absolute atomic E-state index is 0.125. The Morgan fingerprint density at radius 2 is 1.62 bits per heavy atom. The van der Waals surface area contributed by atoms with E-state index in [0.29, 0.717) is 42.3 Å². The van der Waals surface area contributed by atoms with Gasteiger partial charge in [0.05, 0.1) is 18.9 Å². The van der Waals surface area contributed by atoms with E-state index in [4.69, 9.17) is 9.47 Å². The van der Waals surface area contributed by atoms with E-state index < -0.39 is 5.79 Å². The van der Waals surface area contributed by atoms with Crippen molar-refractivity contribution in [1.29, 1.82) is 0 Å². The second-order valence-electron chi connectivity index (χ2n) is 10.9. The molecule has 0 aromatic heterocycles. The van der Waals surface area contributed by atoms with Gasteiger partial charge in [0.1, 0.15) is 0 Å². The molecule has 0 amide bonds. The molecule has 0 bridgehead atoms. The van der Waals surface area contributed by atoms with E-state index in [1.807, 2.05) is 13.8 Å². The quantitative estimate of drug-likeness (QED) is 0.413. The molecule has 4 aliphatic carbocycles. The summed E-state index contributed by atoms with van der Waals surface area (Å²) in [6, 6.07) is 0. The highest BCUT2D eigenvalue weighted by Gasteiger charge is 2.65. The molecule has 7 atom stereocenters. The van der Waals surface area contributed by atoms with E-state index in [9.17, 15) is 5.21 Å². The van der Waals surface area contributed by atoms with Gasteiger partial charge >= 0.3 is 0 Å². The van der Waals surface area contributed by atoms with E-state index in [0.717, 1.165) is 18.1 Å². The van der Waals surface area contributed by atoms with Crippen molar-refractivity contribution in [2.45, 2.75) is 98.2 Å². The summed E-state index contributed by atoms with van der Waals surface area (Å²) in [7, 11) is 0. The summed E-state index contributed by atoms with van der Waals surface area (Å²) in [6.07, 6.45) is 11.5. The molecule has 4 nitrogen and oxygen atoms in total. The molecule has 7 unspecified atom stereocenters. The maximum absolute atomic E-state index is 10.1. The van der Waals surface area contributed by atoms with Crippen LogP contribution in [-0.4, -0.2) is 29.9 Å². The highest BCUT2D eigenvalue weighted by atomic mass is 16.7. The fourth-order valence-electron chi connectivity index (χ4n) is 8.84. The third-order valence-corrected chi connectivity index (χ3v) is 9.91. The van der Waals surface area contributed by atoms with Crippen LogP contribution in [0, 0.1) is 40.4 Å². The molecule has 1 saturated heterocycles. The third-order valence-electron chi connectivity index (χ3n) is 9.91. The predicted octanol–water partition coefficient (Wildman–Crippen LogP) is 6.26. The van der Waals surface area contributed by atoms with Crippen molar-refractivity contribution in [1.82, 2.24) is 0 Å². The molecule has 5 rings (SSSR count). The van der Waals surface area contributed by atoms with Crippen LogP contribution in [0.15, 0.2) is 5.16 Å². The van der Waals surface area contributed by atoms with Crippen molar-refractivity contribution in [3.63, 3.8) is 0 Å². The van der Waals surface area contributed by atoms with Gasteiger partial charge in [0.2, 0.25) is 0 Å². The van der Waals surface area contributed by atoms with Crippen molar-refractivity contribution in [2.75, 3.05) is 13.2 Å². The molecule has 4 heteroatoms. The Kier molecular flexibility index (Phi) is 5.83. The maximum atomic E-state index is 10.1. The van der Waals surface area contributed by atoms with Gasteiger partial charge in [-0.15, -0.1) is 0 Å².